The summed E-state index contributed by atoms with van der Waals surface area (Å²) in [6.07, 6.45) is 0.832. The predicted molar refractivity (Wildman–Crippen MR) is 229 cm³/mol. The van der Waals surface area contributed by atoms with Crippen molar-refractivity contribution < 1.29 is 4.42 Å². The second kappa shape index (κ2) is 10.7. The lowest BCUT2D eigenvalue weighted by Gasteiger charge is -2.13. The summed E-state index contributed by atoms with van der Waals surface area (Å²) in [4.78, 5) is 5.01. The fourth-order valence-electron chi connectivity index (χ4n) is 9.74. The molecule has 0 N–H and O–H groups in total. The highest BCUT2D eigenvalue weighted by molar-refractivity contribution is 6.30. The molecule has 1 aliphatic carbocycles. The molecule has 9 aromatic carbocycles. The van der Waals surface area contributed by atoms with Gasteiger partial charge >= 0.3 is 0 Å². The molecular weight excluding hydrogens is 669 g/mol. The van der Waals surface area contributed by atoms with E-state index in [2.05, 4.69) is 174 Å². The lowest BCUT2D eigenvalue weighted by molar-refractivity contribution is 0.672. The fourth-order valence-corrected chi connectivity index (χ4v) is 9.74. The highest BCUT2D eigenvalue weighted by Crippen LogP contribution is 2.50. The van der Waals surface area contributed by atoms with Crippen LogP contribution in [0.1, 0.15) is 11.1 Å². The highest BCUT2D eigenvalue weighted by atomic mass is 16.3. The van der Waals surface area contributed by atoms with Gasteiger partial charge in [0.05, 0.1) is 22.4 Å². The molecule has 2 aromatic heterocycles. The summed E-state index contributed by atoms with van der Waals surface area (Å²) in [6, 6.07) is 62.0. The Morgan fingerprint density at radius 3 is 2.07 bits per heavy atom. The molecule has 0 spiro atoms. The van der Waals surface area contributed by atoms with Gasteiger partial charge < -0.3 is 8.98 Å². The Kier molecular flexibility index (Phi) is 5.68. The topological polar surface area (TPSA) is 30.4 Å². The molecule has 0 amide bonds. The standard InChI is InChI=1S/C52H30N2O/c1-2-10-30(11-3-1)45-27-33-26-32(20-24-44(33)53-45)42-29-43-38-23-22-34(28-48(38)55-52(43)41-16-7-6-15-37(41)42)54-46-19-9-18-40-36-14-5-4-13-35(36)39-17-8-12-31-21-25-47(54)51(49(31)39)50(40)46/h1-26,28-29H,27H2. The molecule has 13 rings (SSSR count). The predicted octanol–water partition coefficient (Wildman–Crippen LogP) is 14.0. The maximum absolute atomic E-state index is 6.90. The van der Waals surface area contributed by atoms with Gasteiger partial charge in [-0.1, -0.05) is 121 Å². The third-order valence-electron chi connectivity index (χ3n) is 12.1. The number of furan rings is 1. The van der Waals surface area contributed by atoms with Gasteiger partial charge in [-0.05, 0) is 103 Å². The lowest BCUT2D eigenvalue weighted by Crippen LogP contribution is -1.99. The van der Waals surface area contributed by atoms with Crippen LogP contribution in [-0.4, -0.2) is 10.3 Å². The minimum atomic E-state index is 0.832. The van der Waals surface area contributed by atoms with Crippen LogP contribution in [0.5, 0.6) is 0 Å². The Hall–Kier alpha value is -7.23. The van der Waals surface area contributed by atoms with Gasteiger partial charge in [0, 0.05) is 45.1 Å². The number of aromatic nitrogens is 1. The molecule has 0 unspecified atom stereocenters. The van der Waals surface area contributed by atoms with E-state index in [4.69, 9.17) is 9.41 Å². The summed E-state index contributed by atoms with van der Waals surface area (Å²) in [5, 5.41) is 9.74. The van der Waals surface area contributed by atoms with Crippen LogP contribution in [0, 0.1) is 0 Å². The summed E-state index contributed by atoms with van der Waals surface area (Å²) in [7, 11) is 0. The summed E-state index contributed by atoms with van der Waals surface area (Å²) in [5.74, 6) is 0. The van der Waals surface area contributed by atoms with Crippen molar-refractivity contribution in [1.82, 2.24) is 4.57 Å². The molecule has 2 aliphatic rings. The van der Waals surface area contributed by atoms with Crippen molar-refractivity contribution >= 4 is 76.7 Å². The third kappa shape index (κ3) is 3.96. The normalized spacial score (nSPS) is 13.1. The number of nitrogens with zero attached hydrogens (tertiary/aromatic N) is 2. The van der Waals surface area contributed by atoms with Crippen LogP contribution in [0.25, 0.3) is 104 Å². The minimum Gasteiger partial charge on any atom is -0.455 e. The maximum Gasteiger partial charge on any atom is 0.143 e. The molecule has 11 aromatic rings. The average Bonchev–Trinajstić information content (AvgIpc) is 3.92. The minimum absolute atomic E-state index is 0.832. The largest absolute Gasteiger partial charge is 0.455 e. The van der Waals surface area contributed by atoms with E-state index in [-0.39, 0.29) is 0 Å². The van der Waals surface area contributed by atoms with Crippen molar-refractivity contribution in [3.63, 3.8) is 0 Å². The molecule has 0 atom stereocenters. The number of fused-ring (bicyclic) bond motifs is 9. The van der Waals surface area contributed by atoms with Gasteiger partial charge in [0.1, 0.15) is 11.2 Å². The van der Waals surface area contributed by atoms with Gasteiger partial charge in [-0.25, -0.2) is 0 Å². The van der Waals surface area contributed by atoms with Gasteiger partial charge in [-0.15, -0.1) is 0 Å². The van der Waals surface area contributed by atoms with Crippen molar-refractivity contribution in [2.24, 2.45) is 4.99 Å². The summed E-state index contributed by atoms with van der Waals surface area (Å²) in [6.45, 7) is 0. The van der Waals surface area contributed by atoms with Gasteiger partial charge in [0.2, 0.25) is 0 Å². The van der Waals surface area contributed by atoms with Gasteiger partial charge in [0.15, 0.2) is 0 Å². The molecule has 0 fully saturated rings. The summed E-state index contributed by atoms with van der Waals surface area (Å²) >= 11 is 0. The van der Waals surface area contributed by atoms with E-state index in [1.165, 1.54) is 82.5 Å². The second-order valence-corrected chi connectivity index (χ2v) is 15.0. The van der Waals surface area contributed by atoms with Gasteiger partial charge in [-0.3, -0.25) is 4.99 Å². The zero-order valence-corrected chi connectivity index (χ0v) is 29.7. The van der Waals surface area contributed by atoms with E-state index >= 15 is 0 Å². The van der Waals surface area contributed by atoms with Crippen molar-refractivity contribution in [2.45, 2.75) is 6.42 Å². The molecular formula is C52H30N2O. The molecule has 0 radical (unpaired) electrons. The first-order chi connectivity index (χ1) is 27.3. The van der Waals surface area contributed by atoms with Crippen molar-refractivity contribution in [2.75, 3.05) is 0 Å². The molecule has 0 saturated heterocycles. The van der Waals surface area contributed by atoms with Gasteiger partial charge in [-0.2, -0.15) is 0 Å². The van der Waals surface area contributed by atoms with E-state index in [0.29, 0.717) is 0 Å². The second-order valence-electron chi connectivity index (χ2n) is 15.0. The molecule has 0 bridgehead atoms. The van der Waals surface area contributed by atoms with Crippen LogP contribution < -0.4 is 0 Å². The highest BCUT2D eigenvalue weighted by Gasteiger charge is 2.25. The van der Waals surface area contributed by atoms with Crippen molar-refractivity contribution in [3.8, 4) is 39.1 Å². The zero-order valence-electron chi connectivity index (χ0n) is 29.7. The Morgan fingerprint density at radius 2 is 1.20 bits per heavy atom. The van der Waals surface area contributed by atoms with Crippen molar-refractivity contribution in [3.05, 3.63) is 181 Å². The van der Waals surface area contributed by atoms with Gasteiger partial charge in [0.25, 0.3) is 0 Å². The summed E-state index contributed by atoms with van der Waals surface area (Å²) in [5.41, 5.74) is 17.5. The number of hydrogen-bond donors (Lipinski definition) is 0. The number of rotatable bonds is 3. The van der Waals surface area contributed by atoms with Crippen LogP contribution in [0.3, 0.4) is 0 Å². The Bertz CT molecular complexity index is 3510. The molecule has 1 aliphatic heterocycles. The Morgan fingerprint density at radius 1 is 0.455 bits per heavy atom. The maximum atomic E-state index is 6.90. The third-order valence-corrected chi connectivity index (χ3v) is 12.1. The quantitative estimate of drug-likeness (QED) is 0.181. The van der Waals surface area contributed by atoms with E-state index in [0.717, 1.165) is 50.8 Å². The van der Waals surface area contributed by atoms with E-state index in [9.17, 15) is 0 Å². The zero-order chi connectivity index (χ0) is 35.8. The van der Waals surface area contributed by atoms with Crippen LogP contribution in [-0.2, 0) is 6.42 Å². The summed E-state index contributed by atoms with van der Waals surface area (Å²) < 4.78 is 9.33. The van der Waals surface area contributed by atoms with E-state index < -0.39 is 0 Å². The molecule has 3 nitrogen and oxygen atoms in total. The van der Waals surface area contributed by atoms with E-state index in [1.54, 1.807) is 0 Å². The number of aliphatic imine (C=N–C) groups is 1. The number of hydrogen-bond acceptors (Lipinski definition) is 2. The Balaban J connectivity index is 1.01. The van der Waals surface area contributed by atoms with E-state index in [1.807, 2.05) is 0 Å². The molecule has 55 heavy (non-hydrogen) atoms. The SMILES string of the molecule is c1ccc(C2=Nc3ccc(-c4cc5c6ccc(-n7c8cccc9c8c8c%10c(cccc%10ccc87)-c7ccccc7-9)cc6oc5c5ccccc45)cc3C2)cc1. The fraction of sp³-hybridized carbons (Fsp3) is 0.0192. The van der Waals surface area contributed by atoms with Crippen LogP contribution in [0.15, 0.2) is 179 Å². The molecule has 0 saturated carbocycles. The van der Waals surface area contributed by atoms with Crippen LogP contribution in [0.2, 0.25) is 0 Å². The average molecular weight is 699 g/mol. The monoisotopic (exact) mass is 698 g/mol. The molecule has 254 valence electrons. The number of benzene rings is 9. The molecule has 3 heteroatoms. The van der Waals surface area contributed by atoms with Crippen LogP contribution >= 0.6 is 0 Å². The first kappa shape index (κ1) is 29.2. The van der Waals surface area contributed by atoms with Crippen LogP contribution in [0.4, 0.5) is 5.69 Å². The van der Waals surface area contributed by atoms with Crippen molar-refractivity contribution in [1.29, 1.82) is 0 Å². The molecule has 3 heterocycles. The lowest BCUT2D eigenvalue weighted by atomic mass is 9.93. The first-order valence-electron chi connectivity index (χ1n) is 19.0. The Labute approximate surface area is 316 Å². The smallest absolute Gasteiger partial charge is 0.143 e. The first-order valence-corrected chi connectivity index (χ1v) is 19.0.